The first-order valence-corrected chi connectivity index (χ1v) is 13.2. The third kappa shape index (κ3) is 6.00. The fraction of sp³-hybridized carbons (Fsp3) is 0.722. The van der Waals surface area contributed by atoms with Gasteiger partial charge in [-0.1, -0.05) is 37.5 Å². The third-order valence-corrected chi connectivity index (χ3v) is 10.3. The molecule has 0 saturated carbocycles. The molecule has 0 aliphatic carbocycles. The van der Waals surface area contributed by atoms with Gasteiger partial charge in [0.1, 0.15) is 36.7 Å². The topological polar surface area (TPSA) is 158 Å². The van der Waals surface area contributed by atoms with Crippen molar-refractivity contribution in [1.29, 1.82) is 0 Å². The number of carbonyl (C=O) groups excluding carboxylic acids is 1. The fourth-order valence-corrected chi connectivity index (χ4v) is 4.34. The summed E-state index contributed by atoms with van der Waals surface area (Å²) >= 11 is 5.95. The van der Waals surface area contributed by atoms with Crippen LogP contribution in [0.3, 0.4) is 0 Å². The zero-order valence-electron chi connectivity index (χ0n) is 18.8. The number of ether oxygens (including phenoxy) is 3. The number of nitrogens with one attached hydrogen (secondary N) is 1. The van der Waals surface area contributed by atoms with E-state index >= 15 is 0 Å². The van der Waals surface area contributed by atoms with Crippen molar-refractivity contribution < 1.29 is 23.4 Å². The van der Waals surface area contributed by atoms with Crippen molar-refractivity contribution in [3.05, 3.63) is 42.5 Å². The van der Waals surface area contributed by atoms with Crippen LogP contribution in [0, 0.1) is 0 Å². The minimum atomic E-state index is -2.44. The normalized spacial score (nSPS) is 23.6. The fourth-order valence-electron chi connectivity index (χ4n) is 2.90. The van der Waals surface area contributed by atoms with Crippen molar-refractivity contribution in [1.82, 2.24) is 9.55 Å². The number of carbonyl (C=O) groups is 1. The Bertz CT molecular complexity index is 999. The number of rotatable bonds is 8. The molecule has 12 nitrogen and oxygen atoms in total. The van der Waals surface area contributed by atoms with Gasteiger partial charge in [-0.15, -0.1) is 0 Å². The third-order valence-electron chi connectivity index (χ3n) is 5.56. The van der Waals surface area contributed by atoms with Crippen LogP contribution in [0.4, 0.5) is 0 Å². The van der Waals surface area contributed by atoms with Gasteiger partial charge in [-0.05, 0) is 23.7 Å². The van der Waals surface area contributed by atoms with Gasteiger partial charge in [0.15, 0.2) is 14.5 Å². The van der Waals surface area contributed by atoms with Crippen molar-refractivity contribution in [2.24, 2.45) is 5.11 Å². The first kappa shape index (κ1) is 26.1. The predicted molar refractivity (Wildman–Crippen MR) is 118 cm³/mol. The van der Waals surface area contributed by atoms with Crippen molar-refractivity contribution in [2.75, 3.05) is 13.3 Å². The Morgan fingerprint density at radius 3 is 2.59 bits per heavy atom. The van der Waals surface area contributed by atoms with Crippen LogP contribution >= 0.6 is 11.6 Å². The number of aromatic nitrogens is 2. The molecule has 2 heterocycles. The number of nitrogens with zero attached hydrogens (tertiary/aromatic N) is 4. The quantitative estimate of drug-likeness (QED) is 0.193. The van der Waals surface area contributed by atoms with E-state index in [0.717, 1.165) is 10.8 Å². The molecule has 2 rings (SSSR count). The van der Waals surface area contributed by atoms with E-state index in [1.807, 2.05) is 33.9 Å². The number of aromatic amines is 1. The molecule has 1 aromatic rings. The molecule has 0 aromatic carbocycles. The van der Waals surface area contributed by atoms with Crippen molar-refractivity contribution in [3.63, 3.8) is 0 Å². The number of hydrogen-bond acceptors (Lipinski definition) is 8. The highest BCUT2D eigenvalue weighted by Gasteiger charge is 2.52. The minimum absolute atomic E-state index is 0.185. The summed E-state index contributed by atoms with van der Waals surface area (Å²) in [5.74, 6) is -0.531. The molecule has 1 aromatic heterocycles. The Labute approximate surface area is 190 Å². The van der Waals surface area contributed by atoms with Gasteiger partial charge >= 0.3 is 11.7 Å². The average Bonchev–Trinajstić information content (AvgIpc) is 2.99. The highest BCUT2D eigenvalue weighted by molar-refractivity contribution is 6.74. The van der Waals surface area contributed by atoms with Crippen LogP contribution in [0.2, 0.25) is 23.2 Å². The Kier molecular flexibility index (Phi) is 8.31. The summed E-state index contributed by atoms with van der Waals surface area (Å²) in [5, 5.41) is 2.99. The number of azide groups is 1. The Morgan fingerprint density at radius 1 is 1.38 bits per heavy atom. The Morgan fingerprint density at radius 2 is 2.03 bits per heavy atom. The molecule has 1 saturated heterocycles. The molecule has 32 heavy (non-hydrogen) atoms. The smallest absolute Gasteiger partial charge is 0.330 e. The van der Waals surface area contributed by atoms with Gasteiger partial charge in [0.05, 0.1) is 0 Å². The lowest BCUT2D eigenvalue weighted by Gasteiger charge is -2.40. The lowest BCUT2D eigenvalue weighted by Crippen LogP contribution is -2.50. The molecule has 1 N–H and O–H groups in total. The molecule has 0 amide bonds. The van der Waals surface area contributed by atoms with Gasteiger partial charge < -0.3 is 18.6 Å². The summed E-state index contributed by atoms with van der Waals surface area (Å²) < 4.78 is 24.5. The lowest BCUT2D eigenvalue weighted by atomic mass is 10.1. The van der Waals surface area contributed by atoms with Crippen LogP contribution in [0.25, 0.3) is 10.4 Å². The first-order valence-electron chi connectivity index (χ1n) is 9.88. The molecule has 0 radical (unpaired) electrons. The standard InChI is InChI=1S/C18H28ClN5O7Si/c1-10(25)28-8-12-13(29-9-21-23-20)14(31-32(5,6)18(2,3)4)16(30-12)24-7-11(19)15(26)22-17(24)27/h7,12-14,16H,8-9H2,1-6H3,(H,22,26,27)/t12-,13-,14-,16-/m1/s1. The largest absolute Gasteiger partial charge is 0.463 e. The van der Waals surface area contributed by atoms with Crippen LogP contribution < -0.4 is 11.2 Å². The second-order valence-corrected chi connectivity index (χ2v) is 14.0. The average molecular weight is 490 g/mol. The van der Waals surface area contributed by atoms with Gasteiger partial charge in [0.25, 0.3) is 5.56 Å². The summed E-state index contributed by atoms with van der Waals surface area (Å²) in [4.78, 5) is 40.5. The van der Waals surface area contributed by atoms with Crippen molar-refractivity contribution >= 4 is 25.9 Å². The monoisotopic (exact) mass is 489 g/mol. The van der Waals surface area contributed by atoms with Crippen LogP contribution in [-0.2, 0) is 23.4 Å². The van der Waals surface area contributed by atoms with E-state index in [-0.39, 0.29) is 23.4 Å². The molecule has 4 atom stereocenters. The van der Waals surface area contributed by atoms with Crippen LogP contribution in [0.5, 0.6) is 0 Å². The molecule has 178 valence electrons. The van der Waals surface area contributed by atoms with E-state index in [1.165, 1.54) is 6.92 Å². The SMILES string of the molecule is CC(=O)OC[C@H]1O[C@@H](n2cc(Cl)c(=O)[nH]c2=O)[C@H](O[Si](C)(C)C(C)(C)C)[C@@H]1OCN=[N+]=[N-]. The lowest BCUT2D eigenvalue weighted by molar-refractivity contribution is -0.148. The van der Waals surface area contributed by atoms with Gasteiger partial charge in [-0.2, -0.15) is 0 Å². The van der Waals surface area contributed by atoms with E-state index < -0.39 is 50.1 Å². The molecule has 0 bridgehead atoms. The maximum atomic E-state index is 12.6. The molecule has 0 spiro atoms. The van der Waals surface area contributed by atoms with E-state index in [1.54, 1.807) is 0 Å². The number of halogens is 1. The molecular formula is C18H28ClN5O7Si. The van der Waals surface area contributed by atoms with E-state index in [2.05, 4.69) is 15.0 Å². The molecule has 1 fully saturated rings. The van der Waals surface area contributed by atoms with E-state index in [9.17, 15) is 14.4 Å². The zero-order chi connectivity index (χ0) is 24.3. The van der Waals surface area contributed by atoms with Gasteiger partial charge in [-0.3, -0.25) is 19.1 Å². The zero-order valence-corrected chi connectivity index (χ0v) is 20.6. The molecule has 14 heteroatoms. The maximum absolute atomic E-state index is 12.6. The summed E-state index contributed by atoms with van der Waals surface area (Å²) in [6.45, 7) is 10.9. The van der Waals surface area contributed by atoms with E-state index in [4.69, 9.17) is 35.8 Å². The van der Waals surface area contributed by atoms with E-state index in [0.29, 0.717) is 0 Å². The molecule has 1 aliphatic rings. The summed E-state index contributed by atoms with van der Waals surface area (Å²) in [6, 6.07) is 0. The van der Waals surface area contributed by atoms with Crippen LogP contribution in [-0.4, -0.2) is 55.5 Å². The van der Waals surface area contributed by atoms with Crippen LogP contribution in [0.15, 0.2) is 20.9 Å². The highest BCUT2D eigenvalue weighted by atomic mass is 35.5. The van der Waals surface area contributed by atoms with Gasteiger partial charge in [-0.25, -0.2) is 4.79 Å². The first-order chi connectivity index (χ1) is 14.8. The Hall–Kier alpha value is -2.15. The van der Waals surface area contributed by atoms with Gasteiger partial charge in [0, 0.05) is 18.0 Å². The molecule has 0 unspecified atom stereocenters. The predicted octanol–water partition coefficient (Wildman–Crippen LogP) is 2.69. The second-order valence-electron chi connectivity index (χ2n) is 8.85. The molecule has 1 aliphatic heterocycles. The minimum Gasteiger partial charge on any atom is -0.463 e. The number of H-pyrrole nitrogens is 1. The highest BCUT2D eigenvalue weighted by Crippen LogP contribution is 2.42. The summed E-state index contributed by atoms with van der Waals surface area (Å²) in [6.07, 6.45) is -2.44. The molecular weight excluding hydrogens is 462 g/mol. The van der Waals surface area contributed by atoms with Crippen molar-refractivity contribution in [2.45, 2.75) is 70.4 Å². The van der Waals surface area contributed by atoms with Crippen molar-refractivity contribution in [3.8, 4) is 0 Å². The van der Waals surface area contributed by atoms with Gasteiger partial charge in [0.2, 0.25) is 0 Å². The second kappa shape index (κ2) is 10.2. The number of hydrogen-bond donors (Lipinski definition) is 1. The maximum Gasteiger partial charge on any atom is 0.330 e. The van der Waals surface area contributed by atoms with Crippen LogP contribution in [0.1, 0.15) is 33.9 Å². The summed E-state index contributed by atoms with van der Waals surface area (Å²) in [5.41, 5.74) is 7.13. The summed E-state index contributed by atoms with van der Waals surface area (Å²) in [7, 11) is -2.44. The Balaban J connectivity index is 2.55. The number of esters is 1.